The fourth-order valence-electron chi connectivity index (χ4n) is 2.22. The first-order valence-corrected chi connectivity index (χ1v) is 8.32. The van der Waals surface area contributed by atoms with Gasteiger partial charge in [-0.15, -0.1) is 0 Å². The van der Waals surface area contributed by atoms with Crippen molar-refractivity contribution in [3.8, 4) is 0 Å². The van der Waals surface area contributed by atoms with Crippen LogP contribution in [0, 0.1) is 11.3 Å². The average Bonchev–Trinajstić information content (AvgIpc) is 2.43. The van der Waals surface area contributed by atoms with Gasteiger partial charge >= 0.3 is 7.82 Å². The molecule has 1 unspecified atom stereocenters. The number of hydrogen-bond acceptors (Lipinski definition) is 3. The van der Waals surface area contributed by atoms with Gasteiger partial charge in [0.15, 0.2) is 0 Å². The molecule has 0 amide bonds. The highest BCUT2D eigenvalue weighted by Gasteiger charge is 2.45. The number of alkyl halides is 1. The molecule has 1 aliphatic heterocycles. The minimum Gasteiger partial charge on any atom is -0.362 e. The van der Waals surface area contributed by atoms with Crippen LogP contribution in [-0.2, 0) is 13.8 Å². The maximum Gasteiger partial charge on any atom is 0.469 e. The van der Waals surface area contributed by atoms with Crippen molar-refractivity contribution in [1.29, 1.82) is 0 Å². The Morgan fingerprint density at radius 1 is 1.47 bits per heavy atom. The van der Waals surface area contributed by atoms with Gasteiger partial charge in [0, 0.05) is 0 Å². The van der Waals surface area contributed by atoms with Gasteiger partial charge in [0.25, 0.3) is 0 Å². The van der Waals surface area contributed by atoms with Crippen LogP contribution in [0.15, 0.2) is 0 Å². The molecule has 4 atom stereocenters. The van der Waals surface area contributed by atoms with E-state index >= 15 is 0 Å². The predicted molar refractivity (Wildman–Crippen MR) is 72.8 cm³/mol. The van der Waals surface area contributed by atoms with Crippen LogP contribution in [0.1, 0.15) is 34.1 Å². The summed E-state index contributed by atoms with van der Waals surface area (Å²) in [6, 6.07) is 0. The molecule has 102 valence electrons. The van der Waals surface area contributed by atoms with Crippen molar-refractivity contribution >= 4 is 30.4 Å². The molecule has 0 aromatic heterocycles. The molecule has 17 heavy (non-hydrogen) atoms. The Kier molecular flexibility index (Phi) is 5.06. The van der Waals surface area contributed by atoms with Crippen molar-refractivity contribution < 1.29 is 23.6 Å². The normalized spacial score (nSPS) is 32.8. The Balaban J connectivity index is 2.77. The van der Waals surface area contributed by atoms with E-state index in [0.29, 0.717) is 0 Å². The summed E-state index contributed by atoms with van der Waals surface area (Å²) >= 11 is 2.20. The van der Waals surface area contributed by atoms with Gasteiger partial charge in [-0.2, -0.15) is 0 Å². The molecule has 2 N–H and O–H groups in total. The fourth-order valence-corrected chi connectivity index (χ4v) is 3.66. The molecule has 1 fully saturated rings. The highest BCUT2D eigenvalue weighted by atomic mass is 127. The van der Waals surface area contributed by atoms with E-state index in [1.54, 1.807) is 6.92 Å². The van der Waals surface area contributed by atoms with E-state index in [2.05, 4.69) is 43.4 Å². The molecule has 0 spiro atoms. The average molecular weight is 378 g/mol. The van der Waals surface area contributed by atoms with Crippen molar-refractivity contribution in [3.05, 3.63) is 0 Å². The highest BCUT2D eigenvalue weighted by molar-refractivity contribution is 14.1. The summed E-state index contributed by atoms with van der Waals surface area (Å²) in [5, 5.41) is 0. The van der Waals surface area contributed by atoms with Crippen LogP contribution in [0.5, 0.6) is 0 Å². The first-order valence-electron chi connectivity index (χ1n) is 5.54. The number of ether oxygens (including phenoxy) is 1. The molecule has 1 rings (SSSR count). The molecular formula is C10H20IO5P. The predicted octanol–water partition coefficient (Wildman–Crippen LogP) is 2.70. The second-order valence-corrected chi connectivity index (χ2v) is 8.10. The van der Waals surface area contributed by atoms with Gasteiger partial charge in [-0.25, -0.2) is 4.57 Å². The summed E-state index contributed by atoms with van der Waals surface area (Å²) in [6.45, 7) is 7.96. The molecule has 0 radical (unpaired) electrons. The van der Waals surface area contributed by atoms with Crippen LogP contribution >= 0.6 is 30.4 Å². The van der Waals surface area contributed by atoms with Crippen LogP contribution in [0.4, 0.5) is 0 Å². The maximum atomic E-state index is 10.9. The summed E-state index contributed by atoms with van der Waals surface area (Å²) in [6.07, 6.45) is -0.00630. The standard InChI is InChI=1S/C10H20IO5P/c1-6(16-17(12,13)14)9-7(10(2,3)4)5-8(11)15-9/h6-9H,5H2,1-4H3,(H2,12,13,14)/t6-,7?,8+,9+/m0/s1. The van der Waals surface area contributed by atoms with E-state index in [1.807, 2.05) is 0 Å². The van der Waals surface area contributed by atoms with Crippen molar-refractivity contribution in [2.24, 2.45) is 11.3 Å². The Morgan fingerprint density at radius 2 is 2.00 bits per heavy atom. The number of phosphoric ester groups is 1. The first-order chi connectivity index (χ1) is 7.50. The number of rotatable bonds is 3. The van der Waals surface area contributed by atoms with Crippen molar-refractivity contribution in [2.45, 2.75) is 50.4 Å². The van der Waals surface area contributed by atoms with Crippen LogP contribution in [-0.4, -0.2) is 26.1 Å². The quantitative estimate of drug-likeness (QED) is 0.449. The van der Waals surface area contributed by atoms with Crippen molar-refractivity contribution in [3.63, 3.8) is 0 Å². The maximum absolute atomic E-state index is 10.9. The SMILES string of the molecule is C[C@H](OP(=O)(O)O)[C@H]1O[C@@H](I)CC1C(C)(C)C. The molecule has 1 aliphatic rings. The van der Waals surface area contributed by atoms with Gasteiger partial charge in [-0.3, -0.25) is 4.52 Å². The zero-order valence-electron chi connectivity index (χ0n) is 10.5. The van der Waals surface area contributed by atoms with Gasteiger partial charge in [0.1, 0.15) is 4.11 Å². The molecule has 7 heteroatoms. The minimum atomic E-state index is -4.46. The largest absolute Gasteiger partial charge is 0.469 e. The second-order valence-electron chi connectivity index (χ2n) is 5.52. The summed E-state index contributed by atoms with van der Waals surface area (Å²) in [4.78, 5) is 17.7. The molecule has 0 saturated carbocycles. The Labute approximate surface area is 116 Å². The molecule has 1 heterocycles. The molecule has 0 aromatic rings. The topological polar surface area (TPSA) is 76.0 Å². The second kappa shape index (κ2) is 5.43. The van der Waals surface area contributed by atoms with Crippen LogP contribution < -0.4 is 0 Å². The monoisotopic (exact) mass is 378 g/mol. The lowest BCUT2D eigenvalue weighted by molar-refractivity contribution is -0.0321. The third-order valence-electron chi connectivity index (χ3n) is 3.02. The molecule has 0 bridgehead atoms. The van der Waals surface area contributed by atoms with E-state index in [4.69, 9.17) is 19.0 Å². The summed E-state index contributed by atoms with van der Waals surface area (Å²) in [5.74, 6) is 0.228. The van der Waals surface area contributed by atoms with Crippen LogP contribution in [0.3, 0.4) is 0 Å². The number of hydrogen-bond donors (Lipinski definition) is 2. The Hall–Kier alpha value is 0.800. The smallest absolute Gasteiger partial charge is 0.362 e. The highest BCUT2D eigenvalue weighted by Crippen LogP contribution is 2.46. The lowest BCUT2D eigenvalue weighted by atomic mass is 9.75. The Morgan fingerprint density at radius 3 is 2.41 bits per heavy atom. The first kappa shape index (κ1) is 15.9. The zero-order valence-corrected chi connectivity index (χ0v) is 13.5. The van der Waals surface area contributed by atoms with Gasteiger partial charge in [-0.1, -0.05) is 43.4 Å². The molecule has 1 saturated heterocycles. The molecular weight excluding hydrogens is 358 g/mol. The third-order valence-corrected chi connectivity index (χ3v) is 4.43. The number of phosphoric acid groups is 1. The van der Waals surface area contributed by atoms with E-state index in [-0.39, 0.29) is 21.5 Å². The number of halogens is 1. The van der Waals surface area contributed by atoms with Crippen molar-refractivity contribution in [1.82, 2.24) is 0 Å². The van der Waals surface area contributed by atoms with Gasteiger partial charge in [-0.05, 0) is 24.7 Å². The van der Waals surface area contributed by atoms with E-state index in [9.17, 15) is 4.57 Å². The van der Waals surface area contributed by atoms with E-state index in [0.717, 1.165) is 6.42 Å². The van der Waals surface area contributed by atoms with Gasteiger partial charge in [0.05, 0.1) is 12.2 Å². The Bertz CT molecular complexity index is 310. The third kappa shape index (κ3) is 4.76. The van der Waals surface area contributed by atoms with Gasteiger partial charge in [0.2, 0.25) is 0 Å². The van der Waals surface area contributed by atoms with Crippen LogP contribution in [0.25, 0.3) is 0 Å². The molecule has 0 aliphatic carbocycles. The fraction of sp³-hybridized carbons (Fsp3) is 1.00. The zero-order chi connectivity index (χ0) is 13.4. The van der Waals surface area contributed by atoms with Gasteiger partial charge < -0.3 is 14.5 Å². The molecule has 0 aromatic carbocycles. The van der Waals surface area contributed by atoms with E-state index < -0.39 is 13.9 Å². The van der Waals surface area contributed by atoms with E-state index in [1.165, 1.54) is 0 Å². The summed E-state index contributed by atoms with van der Waals surface area (Å²) in [5.41, 5.74) is 0.0249. The summed E-state index contributed by atoms with van der Waals surface area (Å²) < 4.78 is 21.4. The minimum absolute atomic E-state index is 0.0249. The lowest BCUT2D eigenvalue weighted by Gasteiger charge is -2.33. The van der Waals surface area contributed by atoms with Crippen molar-refractivity contribution in [2.75, 3.05) is 0 Å². The summed E-state index contributed by atoms with van der Waals surface area (Å²) in [7, 11) is -4.46. The molecule has 5 nitrogen and oxygen atoms in total. The van der Waals surface area contributed by atoms with Crippen LogP contribution in [0.2, 0.25) is 0 Å². The lowest BCUT2D eigenvalue weighted by Crippen LogP contribution is -2.37.